The second-order valence-electron chi connectivity index (χ2n) is 5.59. The third kappa shape index (κ3) is 4.45. The van der Waals surface area contributed by atoms with Crippen LogP contribution in [0.25, 0.3) is 0 Å². The van der Waals surface area contributed by atoms with Crippen LogP contribution in [0.2, 0.25) is 0 Å². The van der Waals surface area contributed by atoms with Crippen LogP contribution in [-0.4, -0.2) is 12.9 Å². The smallest absolute Gasteiger partial charge is 0.133 e. The number of rotatable bonds is 8. The number of benzene rings is 2. The molecule has 0 aliphatic rings. The van der Waals surface area contributed by atoms with Gasteiger partial charge in [-0.1, -0.05) is 55.8 Å². The fraction of sp³-hybridized carbons (Fsp3) is 0.350. The van der Waals surface area contributed by atoms with Gasteiger partial charge in [-0.3, -0.25) is 4.79 Å². The van der Waals surface area contributed by atoms with Crippen molar-refractivity contribution in [3.05, 3.63) is 65.7 Å². The molecule has 0 fully saturated rings. The van der Waals surface area contributed by atoms with E-state index in [4.69, 9.17) is 4.74 Å². The third-order valence-corrected chi connectivity index (χ3v) is 3.94. The highest BCUT2D eigenvalue weighted by molar-refractivity contribution is 5.79. The molecule has 0 amide bonds. The molecule has 116 valence electrons. The standard InChI is InChI=1S/C20H24O2/c1-3-4-12-18(21)15-20(16-9-6-5-7-10-16)17-11-8-13-19(14-17)22-2/h5-11,13-14,20H,3-4,12,15H2,1-2H3/t20-/m0/s1. The van der Waals surface area contributed by atoms with Crippen LogP contribution in [0, 0.1) is 0 Å². The second-order valence-corrected chi connectivity index (χ2v) is 5.59. The van der Waals surface area contributed by atoms with E-state index in [0.717, 1.165) is 24.2 Å². The molecule has 22 heavy (non-hydrogen) atoms. The molecular formula is C20H24O2. The molecule has 0 radical (unpaired) electrons. The molecule has 0 saturated heterocycles. The van der Waals surface area contributed by atoms with Crippen molar-refractivity contribution in [3.63, 3.8) is 0 Å². The zero-order valence-corrected chi connectivity index (χ0v) is 13.4. The van der Waals surface area contributed by atoms with E-state index in [1.807, 2.05) is 36.4 Å². The van der Waals surface area contributed by atoms with Gasteiger partial charge in [0.1, 0.15) is 11.5 Å². The number of carbonyl (C=O) groups excluding carboxylic acids is 1. The highest BCUT2D eigenvalue weighted by atomic mass is 16.5. The molecule has 0 spiro atoms. The van der Waals surface area contributed by atoms with Gasteiger partial charge in [0, 0.05) is 18.8 Å². The Hall–Kier alpha value is -2.09. The molecule has 1 atom stereocenters. The largest absolute Gasteiger partial charge is 0.497 e. The third-order valence-electron chi connectivity index (χ3n) is 3.94. The summed E-state index contributed by atoms with van der Waals surface area (Å²) in [6.45, 7) is 2.12. The number of hydrogen-bond acceptors (Lipinski definition) is 2. The van der Waals surface area contributed by atoms with Crippen molar-refractivity contribution in [2.45, 2.75) is 38.5 Å². The van der Waals surface area contributed by atoms with Gasteiger partial charge in [0.25, 0.3) is 0 Å². The van der Waals surface area contributed by atoms with Crippen molar-refractivity contribution in [2.24, 2.45) is 0 Å². The van der Waals surface area contributed by atoms with Gasteiger partial charge < -0.3 is 4.74 Å². The summed E-state index contributed by atoms with van der Waals surface area (Å²) in [5.41, 5.74) is 2.32. The Kier molecular flexibility index (Phi) is 6.20. The highest BCUT2D eigenvalue weighted by Crippen LogP contribution is 2.30. The van der Waals surface area contributed by atoms with Crippen LogP contribution < -0.4 is 4.74 Å². The average molecular weight is 296 g/mol. The lowest BCUT2D eigenvalue weighted by molar-refractivity contribution is -0.119. The fourth-order valence-electron chi connectivity index (χ4n) is 2.68. The maximum atomic E-state index is 12.3. The van der Waals surface area contributed by atoms with E-state index < -0.39 is 0 Å². The second kappa shape index (κ2) is 8.38. The first-order valence-corrected chi connectivity index (χ1v) is 7.95. The molecule has 2 aromatic carbocycles. The van der Waals surface area contributed by atoms with Gasteiger partial charge in [-0.2, -0.15) is 0 Å². The van der Waals surface area contributed by atoms with Crippen LogP contribution in [0.4, 0.5) is 0 Å². The van der Waals surface area contributed by atoms with Gasteiger partial charge in [0.2, 0.25) is 0 Å². The van der Waals surface area contributed by atoms with Gasteiger partial charge in [0.15, 0.2) is 0 Å². The molecule has 0 aromatic heterocycles. The van der Waals surface area contributed by atoms with E-state index >= 15 is 0 Å². The quantitative estimate of drug-likeness (QED) is 0.687. The number of unbranched alkanes of at least 4 members (excludes halogenated alkanes) is 1. The first kappa shape index (κ1) is 16.3. The molecule has 0 N–H and O–H groups in total. The van der Waals surface area contributed by atoms with E-state index in [1.54, 1.807) is 7.11 Å². The average Bonchev–Trinajstić information content (AvgIpc) is 2.58. The Morgan fingerprint density at radius 1 is 1.05 bits per heavy atom. The molecule has 2 rings (SSSR count). The minimum absolute atomic E-state index is 0.0978. The van der Waals surface area contributed by atoms with Crippen LogP contribution in [0.1, 0.15) is 49.7 Å². The molecule has 2 aromatic rings. The molecule has 2 heteroatoms. The van der Waals surface area contributed by atoms with Crippen LogP contribution in [0.15, 0.2) is 54.6 Å². The summed E-state index contributed by atoms with van der Waals surface area (Å²) in [6.07, 6.45) is 3.25. The number of Topliss-reactive ketones (excluding diaryl/α,β-unsaturated/α-hetero) is 1. The Labute approximate surface area is 133 Å². The Morgan fingerprint density at radius 3 is 2.45 bits per heavy atom. The van der Waals surface area contributed by atoms with E-state index in [1.165, 1.54) is 5.56 Å². The van der Waals surface area contributed by atoms with E-state index in [-0.39, 0.29) is 5.92 Å². The minimum atomic E-state index is 0.0978. The number of hydrogen-bond donors (Lipinski definition) is 0. The van der Waals surface area contributed by atoms with Gasteiger partial charge in [-0.15, -0.1) is 0 Å². The molecule has 0 aliphatic heterocycles. The van der Waals surface area contributed by atoms with Gasteiger partial charge in [-0.05, 0) is 29.7 Å². The predicted octanol–water partition coefficient (Wildman–Crippen LogP) is 4.98. The minimum Gasteiger partial charge on any atom is -0.497 e. The topological polar surface area (TPSA) is 26.3 Å². The van der Waals surface area contributed by atoms with Gasteiger partial charge in [-0.25, -0.2) is 0 Å². The molecular weight excluding hydrogens is 272 g/mol. The number of ketones is 1. The van der Waals surface area contributed by atoms with Crippen molar-refractivity contribution >= 4 is 5.78 Å². The van der Waals surface area contributed by atoms with Crippen LogP contribution in [-0.2, 0) is 4.79 Å². The normalized spacial score (nSPS) is 11.9. The lowest BCUT2D eigenvalue weighted by atomic mass is 9.86. The summed E-state index contributed by atoms with van der Waals surface area (Å²) in [5, 5.41) is 0. The molecule has 0 bridgehead atoms. The lowest BCUT2D eigenvalue weighted by Gasteiger charge is -2.18. The van der Waals surface area contributed by atoms with Gasteiger partial charge >= 0.3 is 0 Å². The number of carbonyl (C=O) groups is 1. The summed E-state index contributed by atoms with van der Waals surface area (Å²) in [4.78, 5) is 12.3. The molecule has 0 heterocycles. The number of methoxy groups -OCH3 is 1. The maximum absolute atomic E-state index is 12.3. The summed E-state index contributed by atoms with van der Waals surface area (Å²) in [5.74, 6) is 1.26. The Morgan fingerprint density at radius 2 is 1.77 bits per heavy atom. The first-order valence-electron chi connectivity index (χ1n) is 7.95. The Bertz CT molecular complexity index is 590. The highest BCUT2D eigenvalue weighted by Gasteiger charge is 2.18. The van der Waals surface area contributed by atoms with Crippen molar-refractivity contribution in [1.82, 2.24) is 0 Å². The lowest BCUT2D eigenvalue weighted by Crippen LogP contribution is -2.09. The van der Waals surface area contributed by atoms with Crippen LogP contribution in [0.3, 0.4) is 0 Å². The van der Waals surface area contributed by atoms with Crippen molar-refractivity contribution in [3.8, 4) is 5.75 Å². The predicted molar refractivity (Wildman–Crippen MR) is 90.4 cm³/mol. The van der Waals surface area contributed by atoms with E-state index in [9.17, 15) is 4.79 Å². The summed E-state index contributed by atoms with van der Waals surface area (Å²) >= 11 is 0. The van der Waals surface area contributed by atoms with E-state index in [0.29, 0.717) is 18.6 Å². The number of ether oxygens (including phenoxy) is 1. The maximum Gasteiger partial charge on any atom is 0.133 e. The fourth-order valence-corrected chi connectivity index (χ4v) is 2.68. The van der Waals surface area contributed by atoms with Crippen LogP contribution >= 0.6 is 0 Å². The summed E-state index contributed by atoms with van der Waals surface area (Å²) in [7, 11) is 1.67. The first-order chi connectivity index (χ1) is 10.7. The molecule has 0 unspecified atom stereocenters. The van der Waals surface area contributed by atoms with Crippen molar-refractivity contribution in [2.75, 3.05) is 7.11 Å². The Balaban J connectivity index is 2.27. The van der Waals surface area contributed by atoms with Crippen LogP contribution in [0.5, 0.6) is 5.75 Å². The summed E-state index contributed by atoms with van der Waals surface area (Å²) in [6, 6.07) is 18.3. The zero-order valence-electron chi connectivity index (χ0n) is 13.4. The molecule has 0 aliphatic carbocycles. The van der Waals surface area contributed by atoms with E-state index in [2.05, 4.69) is 25.1 Å². The van der Waals surface area contributed by atoms with Crippen molar-refractivity contribution < 1.29 is 9.53 Å². The molecule has 0 saturated carbocycles. The summed E-state index contributed by atoms with van der Waals surface area (Å²) < 4.78 is 5.33. The van der Waals surface area contributed by atoms with Gasteiger partial charge in [0.05, 0.1) is 7.11 Å². The zero-order chi connectivity index (χ0) is 15.8. The molecule has 2 nitrogen and oxygen atoms in total. The SMILES string of the molecule is CCCCC(=O)C[C@@H](c1ccccc1)c1cccc(OC)c1. The van der Waals surface area contributed by atoms with Crippen molar-refractivity contribution in [1.29, 1.82) is 0 Å². The monoisotopic (exact) mass is 296 g/mol.